The Morgan fingerprint density at radius 3 is 2.70 bits per heavy atom. The lowest BCUT2D eigenvalue weighted by Crippen LogP contribution is -2.37. The number of ether oxygens (including phenoxy) is 1. The number of hydrogen-bond donors (Lipinski definition) is 0. The van der Waals surface area contributed by atoms with E-state index in [1.54, 1.807) is 7.11 Å². The molecule has 0 aliphatic carbocycles. The van der Waals surface area contributed by atoms with Crippen molar-refractivity contribution in [1.29, 1.82) is 0 Å². The largest absolute Gasteiger partial charge is 0.495 e. The van der Waals surface area contributed by atoms with Gasteiger partial charge in [0.05, 0.1) is 24.8 Å². The summed E-state index contributed by atoms with van der Waals surface area (Å²) in [5, 5.41) is 4.86. The van der Waals surface area contributed by atoms with Crippen molar-refractivity contribution in [2.75, 3.05) is 13.7 Å². The van der Waals surface area contributed by atoms with Crippen molar-refractivity contribution >= 4 is 12.2 Å². The summed E-state index contributed by atoms with van der Waals surface area (Å²) < 4.78 is 9.80. The molecular formula is C30H34N6O. The number of methoxy groups -OCH3 is 1. The van der Waals surface area contributed by atoms with Gasteiger partial charge in [0.15, 0.2) is 5.82 Å². The molecule has 2 aromatic carbocycles. The van der Waals surface area contributed by atoms with Crippen LogP contribution in [0.1, 0.15) is 60.1 Å². The fourth-order valence-corrected chi connectivity index (χ4v) is 5.89. The lowest BCUT2D eigenvalue weighted by molar-refractivity contribution is 0.191. The zero-order valence-electron chi connectivity index (χ0n) is 21.6. The normalized spacial score (nSPS) is 19.9. The van der Waals surface area contributed by atoms with Gasteiger partial charge in [0.2, 0.25) is 0 Å². The second-order valence-electron chi connectivity index (χ2n) is 10.2. The predicted octanol–water partition coefficient (Wildman–Crippen LogP) is 5.49. The Morgan fingerprint density at radius 2 is 1.89 bits per heavy atom. The van der Waals surface area contributed by atoms with Crippen LogP contribution in [0.15, 0.2) is 61.1 Å². The molecule has 0 bridgehead atoms. The average Bonchev–Trinajstić information content (AvgIpc) is 3.67. The number of aryl methyl sites for hydroxylation is 2. The van der Waals surface area contributed by atoms with Crippen molar-refractivity contribution in [3.63, 3.8) is 0 Å². The topological polar surface area (TPSA) is 61.0 Å². The molecule has 2 aliphatic heterocycles. The maximum atomic E-state index is 5.67. The van der Waals surface area contributed by atoms with Gasteiger partial charge < -0.3 is 9.30 Å². The van der Waals surface area contributed by atoms with Crippen LogP contribution in [0, 0.1) is 6.92 Å². The molecule has 4 aromatic rings. The highest BCUT2D eigenvalue weighted by molar-refractivity contribution is 5.69. The van der Waals surface area contributed by atoms with Gasteiger partial charge in [-0.15, -0.1) is 0 Å². The van der Waals surface area contributed by atoms with Gasteiger partial charge in [0.25, 0.3) is 0 Å². The molecule has 0 N–H and O–H groups in total. The van der Waals surface area contributed by atoms with Crippen molar-refractivity contribution < 1.29 is 4.74 Å². The van der Waals surface area contributed by atoms with Crippen LogP contribution in [-0.2, 0) is 13.1 Å². The maximum Gasteiger partial charge on any atom is 0.174 e. The third kappa shape index (κ3) is 4.96. The first-order valence-electron chi connectivity index (χ1n) is 13.3. The summed E-state index contributed by atoms with van der Waals surface area (Å²) in [6, 6.07) is 17.6. The van der Waals surface area contributed by atoms with Crippen LogP contribution in [-0.4, -0.2) is 48.9 Å². The Hall–Kier alpha value is -3.71. The minimum Gasteiger partial charge on any atom is -0.495 e. The Bertz CT molecular complexity index is 1390. The molecule has 0 amide bonds. The predicted molar refractivity (Wildman–Crippen MR) is 146 cm³/mol. The van der Waals surface area contributed by atoms with Crippen molar-refractivity contribution in [3.8, 4) is 11.4 Å². The zero-order chi connectivity index (χ0) is 25.2. The second-order valence-corrected chi connectivity index (χ2v) is 10.2. The average molecular weight is 495 g/mol. The molecular weight excluding hydrogens is 460 g/mol. The van der Waals surface area contributed by atoms with Crippen molar-refractivity contribution in [3.05, 3.63) is 89.5 Å². The molecule has 37 heavy (non-hydrogen) atoms. The summed E-state index contributed by atoms with van der Waals surface area (Å²) in [7, 11) is 1.70. The Kier molecular flexibility index (Phi) is 6.62. The van der Waals surface area contributed by atoms with E-state index in [1.807, 2.05) is 36.2 Å². The first-order valence-corrected chi connectivity index (χ1v) is 13.3. The molecule has 0 saturated carbocycles. The third-order valence-corrected chi connectivity index (χ3v) is 7.66. The molecule has 1 unspecified atom stereocenters. The van der Waals surface area contributed by atoms with Crippen molar-refractivity contribution in [2.45, 2.75) is 57.7 Å². The number of rotatable bonds is 7. The van der Waals surface area contributed by atoms with E-state index >= 15 is 0 Å². The highest BCUT2D eigenvalue weighted by atomic mass is 16.5. The Balaban J connectivity index is 1.21. The molecule has 190 valence electrons. The number of likely N-dealkylation sites (tertiary alicyclic amines) is 1. The highest BCUT2D eigenvalue weighted by Crippen LogP contribution is 2.37. The standard InChI is InChI=1S/C30H34N6O/c1-22-19-35(21-31-22)27-14-12-23(18-28(27)37-2)13-15-29-32-30-25(10-6-17-36(30)33-29)26-11-7-16-34(26)20-24-8-4-3-5-9-24/h3-5,8-9,12-15,18-19,21,25-26H,6-7,10-11,16-17,20H2,1-2H3/b15-13+/t25-,26?/m1/s1. The van der Waals surface area contributed by atoms with Gasteiger partial charge in [-0.25, -0.2) is 14.6 Å². The van der Waals surface area contributed by atoms with Gasteiger partial charge >= 0.3 is 0 Å². The summed E-state index contributed by atoms with van der Waals surface area (Å²) in [6.07, 6.45) is 12.7. The molecule has 7 nitrogen and oxygen atoms in total. The van der Waals surface area contributed by atoms with Crippen LogP contribution in [0.25, 0.3) is 17.8 Å². The summed E-state index contributed by atoms with van der Waals surface area (Å²) in [5.74, 6) is 3.17. The molecule has 4 heterocycles. The number of nitrogens with zero attached hydrogens (tertiary/aromatic N) is 6. The van der Waals surface area contributed by atoms with Gasteiger partial charge in [0.1, 0.15) is 11.6 Å². The molecule has 2 aromatic heterocycles. The Labute approximate surface area is 218 Å². The number of imidazole rings is 1. The van der Waals surface area contributed by atoms with E-state index in [4.69, 9.17) is 14.8 Å². The van der Waals surface area contributed by atoms with E-state index in [-0.39, 0.29) is 0 Å². The van der Waals surface area contributed by atoms with E-state index in [1.165, 1.54) is 24.8 Å². The van der Waals surface area contributed by atoms with Crippen molar-refractivity contribution in [1.82, 2.24) is 29.2 Å². The minimum atomic E-state index is 0.438. The van der Waals surface area contributed by atoms with Crippen LogP contribution in [0.4, 0.5) is 0 Å². The molecule has 2 atom stereocenters. The van der Waals surface area contributed by atoms with Crippen LogP contribution < -0.4 is 4.74 Å². The first kappa shape index (κ1) is 23.7. The molecule has 7 heteroatoms. The third-order valence-electron chi connectivity index (χ3n) is 7.66. The van der Waals surface area contributed by atoms with E-state index in [0.717, 1.165) is 60.4 Å². The fourth-order valence-electron chi connectivity index (χ4n) is 5.89. The minimum absolute atomic E-state index is 0.438. The van der Waals surface area contributed by atoms with E-state index in [0.29, 0.717) is 12.0 Å². The SMILES string of the molecule is COc1cc(/C=C/c2nc3n(n2)CCC[C@@H]3C2CCCN2Cc2ccccc2)ccc1-n1cnc(C)c1. The van der Waals surface area contributed by atoms with Gasteiger partial charge in [-0.3, -0.25) is 4.90 Å². The van der Waals surface area contributed by atoms with E-state index < -0.39 is 0 Å². The highest BCUT2D eigenvalue weighted by Gasteiger charge is 2.37. The summed E-state index contributed by atoms with van der Waals surface area (Å²) in [5.41, 5.74) is 4.38. The molecule has 2 aliphatic rings. The smallest absolute Gasteiger partial charge is 0.174 e. The molecule has 0 radical (unpaired) electrons. The Morgan fingerprint density at radius 1 is 1.03 bits per heavy atom. The molecule has 1 saturated heterocycles. The van der Waals surface area contributed by atoms with Gasteiger partial charge in [-0.05, 0) is 68.5 Å². The number of benzene rings is 2. The first-order chi connectivity index (χ1) is 18.2. The molecule has 1 fully saturated rings. The summed E-state index contributed by atoms with van der Waals surface area (Å²) in [6.45, 7) is 5.10. The molecule has 0 spiro atoms. The van der Waals surface area contributed by atoms with Crippen LogP contribution >= 0.6 is 0 Å². The molecule has 6 rings (SSSR count). The number of aromatic nitrogens is 5. The van der Waals surface area contributed by atoms with Crippen LogP contribution in [0.5, 0.6) is 5.75 Å². The van der Waals surface area contributed by atoms with Crippen LogP contribution in [0.3, 0.4) is 0 Å². The van der Waals surface area contributed by atoms with Gasteiger partial charge in [-0.1, -0.05) is 42.5 Å². The number of hydrogen-bond acceptors (Lipinski definition) is 5. The quantitative estimate of drug-likeness (QED) is 0.340. The van der Waals surface area contributed by atoms with Crippen molar-refractivity contribution in [2.24, 2.45) is 0 Å². The summed E-state index contributed by atoms with van der Waals surface area (Å²) in [4.78, 5) is 12.0. The lowest BCUT2D eigenvalue weighted by Gasteiger charge is -2.33. The second kappa shape index (κ2) is 10.3. The maximum absolute atomic E-state index is 5.67. The lowest BCUT2D eigenvalue weighted by atomic mass is 9.89. The van der Waals surface area contributed by atoms with E-state index in [9.17, 15) is 0 Å². The fraction of sp³-hybridized carbons (Fsp3) is 0.367. The van der Waals surface area contributed by atoms with Gasteiger partial charge in [0, 0.05) is 31.2 Å². The van der Waals surface area contributed by atoms with E-state index in [2.05, 4.69) is 63.1 Å². The monoisotopic (exact) mass is 494 g/mol. The van der Waals surface area contributed by atoms with Crippen LogP contribution in [0.2, 0.25) is 0 Å². The van der Waals surface area contributed by atoms with Gasteiger partial charge in [-0.2, -0.15) is 5.10 Å². The number of fused-ring (bicyclic) bond motifs is 1. The zero-order valence-corrected chi connectivity index (χ0v) is 21.6. The summed E-state index contributed by atoms with van der Waals surface area (Å²) >= 11 is 0.